The molecule has 31 heavy (non-hydrogen) atoms. The first kappa shape index (κ1) is 20.0. The van der Waals surface area contributed by atoms with Crippen molar-refractivity contribution in [2.75, 3.05) is 23.3 Å². The summed E-state index contributed by atoms with van der Waals surface area (Å²) in [7, 11) is 0. The largest absolute Gasteiger partial charge is 0.391 e. The van der Waals surface area contributed by atoms with Crippen LogP contribution in [0.15, 0.2) is 53.5 Å². The number of nitrogens with one attached hydrogen (secondary N) is 1. The molecule has 1 aliphatic heterocycles. The number of anilines is 2. The van der Waals surface area contributed by atoms with Crippen molar-refractivity contribution in [2.24, 2.45) is 0 Å². The summed E-state index contributed by atoms with van der Waals surface area (Å²) in [5.74, 6) is 0.824. The molecular weight excluding hydrogens is 390 g/mol. The topological polar surface area (TPSA) is 83.3 Å². The molecular formula is C24H29N5O2. The average molecular weight is 420 g/mol. The molecule has 162 valence electrons. The maximum atomic E-state index is 12.5. The quantitative estimate of drug-likeness (QED) is 0.660. The highest BCUT2D eigenvalue weighted by Crippen LogP contribution is 2.30. The predicted octanol–water partition coefficient (Wildman–Crippen LogP) is 3.35. The van der Waals surface area contributed by atoms with Gasteiger partial charge in [0.05, 0.1) is 17.7 Å². The van der Waals surface area contributed by atoms with Crippen LogP contribution in [0.25, 0.3) is 10.9 Å². The summed E-state index contributed by atoms with van der Waals surface area (Å²) in [4.78, 5) is 19.2. The molecule has 1 saturated carbocycles. The van der Waals surface area contributed by atoms with E-state index in [4.69, 9.17) is 5.10 Å². The molecule has 3 unspecified atom stereocenters. The van der Waals surface area contributed by atoms with E-state index in [0.717, 1.165) is 67.6 Å². The third-order valence-electron chi connectivity index (χ3n) is 6.67. The van der Waals surface area contributed by atoms with Gasteiger partial charge in [-0.05, 0) is 56.7 Å². The van der Waals surface area contributed by atoms with Crippen LogP contribution >= 0.6 is 0 Å². The number of fused-ring (bicyclic) bond motifs is 1. The summed E-state index contributed by atoms with van der Waals surface area (Å²) in [5, 5.41) is 19.8. The predicted molar refractivity (Wildman–Crippen MR) is 123 cm³/mol. The van der Waals surface area contributed by atoms with Crippen LogP contribution in [0.3, 0.4) is 0 Å². The lowest BCUT2D eigenvalue weighted by molar-refractivity contribution is 0.127. The first-order chi connectivity index (χ1) is 15.2. The van der Waals surface area contributed by atoms with Gasteiger partial charge in [0.2, 0.25) is 0 Å². The molecule has 1 saturated heterocycles. The zero-order valence-corrected chi connectivity index (χ0v) is 17.7. The summed E-state index contributed by atoms with van der Waals surface area (Å²) < 4.78 is 1.52. The monoisotopic (exact) mass is 419 g/mol. The Balaban J connectivity index is 1.38. The van der Waals surface area contributed by atoms with Crippen LogP contribution in [0.1, 0.15) is 44.6 Å². The molecule has 1 aliphatic carbocycles. The van der Waals surface area contributed by atoms with E-state index in [1.54, 1.807) is 6.07 Å². The minimum Gasteiger partial charge on any atom is -0.391 e. The number of aromatic nitrogens is 3. The van der Waals surface area contributed by atoms with E-state index in [1.165, 1.54) is 11.1 Å². The number of para-hydroxylation sites is 1. The lowest BCUT2D eigenvalue weighted by atomic mass is 10.0. The number of aliphatic hydroxyl groups is 1. The Morgan fingerprint density at radius 2 is 1.94 bits per heavy atom. The lowest BCUT2D eigenvalue weighted by Crippen LogP contribution is -2.45. The molecule has 2 N–H and O–H groups in total. The fourth-order valence-electron chi connectivity index (χ4n) is 5.00. The number of benzene rings is 1. The summed E-state index contributed by atoms with van der Waals surface area (Å²) in [6, 6.07) is 13.7. The molecule has 3 atom stereocenters. The fraction of sp³-hybridized carbons (Fsp3) is 0.458. The summed E-state index contributed by atoms with van der Waals surface area (Å²) in [6.45, 7) is 1.71. The van der Waals surface area contributed by atoms with Gasteiger partial charge in [-0.25, -0.2) is 4.68 Å². The molecule has 3 heterocycles. The molecule has 2 aliphatic rings. The Hall–Kier alpha value is -2.93. The minimum absolute atomic E-state index is 0.135. The van der Waals surface area contributed by atoms with E-state index in [-0.39, 0.29) is 17.6 Å². The van der Waals surface area contributed by atoms with Gasteiger partial charge in [-0.2, -0.15) is 5.10 Å². The molecule has 0 spiro atoms. The van der Waals surface area contributed by atoms with Crippen molar-refractivity contribution < 1.29 is 5.11 Å². The lowest BCUT2D eigenvalue weighted by Gasteiger charge is -2.37. The third-order valence-corrected chi connectivity index (χ3v) is 6.67. The summed E-state index contributed by atoms with van der Waals surface area (Å²) in [6.07, 6.45) is 7.19. The number of aliphatic hydroxyl groups excluding tert-OH is 1. The van der Waals surface area contributed by atoms with Crippen molar-refractivity contribution in [3.05, 3.63) is 59.0 Å². The van der Waals surface area contributed by atoms with Gasteiger partial charge in [0, 0.05) is 42.5 Å². The second-order valence-electron chi connectivity index (χ2n) is 8.64. The second kappa shape index (κ2) is 8.67. The molecule has 1 aromatic carbocycles. The van der Waals surface area contributed by atoms with Crippen LogP contribution in [0.4, 0.5) is 11.5 Å². The van der Waals surface area contributed by atoms with Crippen molar-refractivity contribution in [1.82, 2.24) is 14.8 Å². The highest BCUT2D eigenvalue weighted by molar-refractivity contribution is 5.90. The Labute approximate surface area is 181 Å². The van der Waals surface area contributed by atoms with Crippen LogP contribution in [-0.2, 0) is 0 Å². The average Bonchev–Trinajstić information content (AvgIpc) is 3.24. The first-order valence-corrected chi connectivity index (χ1v) is 11.3. The van der Waals surface area contributed by atoms with Crippen molar-refractivity contribution >= 4 is 22.4 Å². The van der Waals surface area contributed by atoms with Gasteiger partial charge in [0.15, 0.2) is 0 Å². The molecule has 0 amide bonds. The normalized spacial score (nSPS) is 23.9. The van der Waals surface area contributed by atoms with Gasteiger partial charge >= 0.3 is 0 Å². The number of hydrogen-bond donors (Lipinski definition) is 2. The van der Waals surface area contributed by atoms with Gasteiger partial charge in [-0.3, -0.25) is 9.78 Å². The number of nitrogens with zero attached hydrogens (tertiary/aromatic N) is 4. The fourth-order valence-corrected chi connectivity index (χ4v) is 5.00. The van der Waals surface area contributed by atoms with Crippen LogP contribution in [0.2, 0.25) is 0 Å². The highest BCUT2D eigenvalue weighted by Gasteiger charge is 2.30. The molecule has 3 aromatic rings. The highest BCUT2D eigenvalue weighted by atomic mass is 16.3. The maximum Gasteiger partial charge on any atom is 0.267 e. The van der Waals surface area contributed by atoms with Crippen LogP contribution in [0, 0.1) is 0 Å². The van der Waals surface area contributed by atoms with E-state index in [0.29, 0.717) is 0 Å². The molecule has 5 rings (SSSR count). The van der Waals surface area contributed by atoms with Gasteiger partial charge < -0.3 is 15.3 Å². The molecule has 0 bridgehead atoms. The Morgan fingerprint density at radius 3 is 2.81 bits per heavy atom. The second-order valence-corrected chi connectivity index (χ2v) is 8.64. The maximum absolute atomic E-state index is 12.5. The van der Waals surface area contributed by atoms with Gasteiger partial charge in [0.1, 0.15) is 5.82 Å². The van der Waals surface area contributed by atoms with Gasteiger partial charge in [-0.1, -0.05) is 18.2 Å². The number of rotatable bonds is 5. The molecule has 7 heteroatoms. The third kappa shape index (κ3) is 4.02. The smallest absolute Gasteiger partial charge is 0.267 e. The zero-order chi connectivity index (χ0) is 21.2. The Morgan fingerprint density at radius 1 is 1.03 bits per heavy atom. The minimum atomic E-state index is -0.487. The van der Waals surface area contributed by atoms with Crippen LogP contribution in [0.5, 0.6) is 0 Å². The number of pyridine rings is 1. The summed E-state index contributed by atoms with van der Waals surface area (Å²) in [5.41, 5.74) is 1.93. The van der Waals surface area contributed by atoms with Crippen molar-refractivity contribution in [3.8, 4) is 0 Å². The number of piperidine rings is 1. The number of hydrogen-bond acceptors (Lipinski definition) is 6. The van der Waals surface area contributed by atoms with Crippen LogP contribution in [-0.4, -0.2) is 45.1 Å². The SMILES string of the molecule is O=c1ccc(N2CCCCC2CNc2ccnc3ccccc23)nn1C1CCCC1O. The van der Waals surface area contributed by atoms with Gasteiger partial charge in [-0.15, -0.1) is 0 Å². The van der Waals surface area contributed by atoms with E-state index in [1.807, 2.05) is 36.5 Å². The van der Waals surface area contributed by atoms with Crippen molar-refractivity contribution in [1.29, 1.82) is 0 Å². The van der Waals surface area contributed by atoms with E-state index < -0.39 is 6.10 Å². The zero-order valence-electron chi connectivity index (χ0n) is 17.7. The van der Waals surface area contributed by atoms with E-state index in [9.17, 15) is 9.90 Å². The van der Waals surface area contributed by atoms with Gasteiger partial charge in [0.25, 0.3) is 5.56 Å². The molecule has 0 radical (unpaired) electrons. The van der Waals surface area contributed by atoms with E-state index >= 15 is 0 Å². The standard InChI is InChI=1S/C24H29N5O2/c30-22-10-5-9-21(22)29-24(31)12-11-23(27-29)28-15-4-3-6-17(28)16-26-20-13-14-25-19-8-2-1-7-18(19)20/h1-2,7-8,11-14,17,21-22,30H,3-6,9-10,15-16H2,(H,25,26). The van der Waals surface area contributed by atoms with E-state index in [2.05, 4.69) is 21.3 Å². The van der Waals surface area contributed by atoms with Crippen LogP contribution < -0.4 is 15.8 Å². The Kier molecular flexibility index (Phi) is 5.59. The Bertz CT molecular complexity index is 1110. The molecule has 2 aromatic heterocycles. The summed E-state index contributed by atoms with van der Waals surface area (Å²) >= 11 is 0. The first-order valence-electron chi connectivity index (χ1n) is 11.3. The molecule has 2 fully saturated rings. The van der Waals surface area contributed by atoms with Crippen molar-refractivity contribution in [3.63, 3.8) is 0 Å². The molecule has 7 nitrogen and oxygen atoms in total. The van der Waals surface area contributed by atoms with Crippen molar-refractivity contribution in [2.45, 2.75) is 56.7 Å².